The molecular formula is C16H17N3O2. The molecule has 2 rings (SSSR count). The molecule has 0 heterocycles. The molecule has 0 saturated carbocycles. The van der Waals surface area contributed by atoms with Crippen LogP contribution in [0.2, 0.25) is 0 Å². The van der Waals surface area contributed by atoms with E-state index in [1.165, 1.54) is 0 Å². The van der Waals surface area contributed by atoms with Gasteiger partial charge in [0.05, 0.1) is 12.3 Å². The van der Waals surface area contributed by atoms with Crippen molar-refractivity contribution in [2.24, 2.45) is 5.10 Å². The zero-order chi connectivity index (χ0) is 15.1. The highest BCUT2D eigenvalue weighted by molar-refractivity contribution is 5.99. The van der Waals surface area contributed by atoms with Crippen molar-refractivity contribution in [1.29, 1.82) is 0 Å². The number of carbonyl (C=O) groups excluding carboxylic acids is 1. The Morgan fingerprint density at radius 3 is 2.43 bits per heavy atom. The molecule has 0 unspecified atom stereocenters. The minimum absolute atomic E-state index is 0.149. The van der Waals surface area contributed by atoms with E-state index in [1.807, 2.05) is 30.3 Å². The largest absolute Gasteiger partial charge is 0.508 e. The number of nitrogens with one attached hydrogen (secondary N) is 2. The number of carbonyl (C=O) groups is 1. The summed E-state index contributed by atoms with van der Waals surface area (Å²) in [6.45, 7) is 1.94. The third-order valence-corrected chi connectivity index (χ3v) is 2.86. The van der Waals surface area contributed by atoms with Gasteiger partial charge in [0.15, 0.2) is 0 Å². The Kier molecular flexibility index (Phi) is 4.93. The van der Waals surface area contributed by atoms with Crippen LogP contribution in [0.3, 0.4) is 0 Å². The van der Waals surface area contributed by atoms with E-state index in [1.54, 1.807) is 31.2 Å². The number of anilines is 1. The molecule has 0 radical (unpaired) electrons. The standard InChI is InChI=1S/C16H17N3O2/c1-12(13-7-9-15(20)10-8-13)18-19-16(21)11-17-14-5-3-2-4-6-14/h2-10,17,20H,11H2,1H3,(H,19,21)/b18-12-. The van der Waals surface area contributed by atoms with Gasteiger partial charge in [0.1, 0.15) is 5.75 Å². The number of amides is 1. The van der Waals surface area contributed by atoms with E-state index in [2.05, 4.69) is 15.8 Å². The van der Waals surface area contributed by atoms with E-state index in [4.69, 9.17) is 0 Å². The molecule has 0 bridgehead atoms. The van der Waals surface area contributed by atoms with E-state index in [0.717, 1.165) is 11.3 Å². The predicted molar refractivity (Wildman–Crippen MR) is 83.4 cm³/mol. The Balaban J connectivity index is 1.85. The summed E-state index contributed by atoms with van der Waals surface area (Å²) >= 11 is 0. The zero-order valence-corrected chi connectivity index (χ0v) is 11.7. The molecule has 0 aliphatic rings. The molecule has 1 amide bonds. The minimum Gasteiger partial charge on any atom is -0.508 e. The number of hydrogen-bond donors (Lipinski definition) is 3. The first kappa shape index (κ1) is 14.6. The normalized spacial score (nSPS) is 11.0. The summed E-state index contributed by atoms with van der Waals surface area (Å²) in [5.41, 5.74) is 4.88. The van der Waals surface area contributed by atoms with Crippen LogP contribution in [-0.4, -0.2) is 23.3 Å². The predicted octanol–water partition coefficient (Wildman–Crippen LogP) is 2.34. The third kappa shape index (κ3) is 4.65. The van der Waals surface area contributed by atoms with E-state index < -0.39 is 0 Å². The summed E-state index contributed by atoms with van der Waals surface area (Å²) < 4.78 is 0. The fraction of sp³-hybridized carbons (Fsp3) is 0.125. The molecule has 2 aromatic carbocycles. The van der Waals surface area contributed by atoms with Crippen LogP contribution in [0.25, 0.3) is 0 Å². The SMILES string of the molecule is C/C(=N/NC(=O)CNc1ccccc1)c1ccc(O)cc1. The van der Waals surface area contributed by atoms with Gasteiger partial charge in [0, 0.05) is 5.69 Å². The van der Waals surface area contributed by atoms with Gasteiger partial charge in [0.25, 0.3) is 5.91 Å². The maximum absolute atomic E-state index is 11.7. The van der Waals surface area contributed by atoms with Crippen molar-refractivity contribution in [2.75, 3.05) is 11.9 Å². The summed E-state index contributed by atoms with van der Waals surface area (Å²) in [5.74, 6) is -0.0281. The number of aromatic hydroxyl groups is 1. The first-order valence-electron chi connectivity index (χ1n) is 6.56. The summed E-state index contributed by atoms with van der Waals surface area (Å²) in [4.78, 5) is 11.7. The summed E-state index contributed by atoms with van der Waals surface area (Å²) in [6, 6.07) is 16.1. The quantitative estimate of drug-likeness (QED) is 0.582. The second-order valence-corrected chi connectivity index (χ2v) is 4.50. The molecule has 21 heavy (non-hydrogen) atoms. The summed E-state index contributed by atoms with van der Waals surface area (Å²) in [5, 5.41) is 16.2. The Morgan fingerprint density at radius 1 is 1.10 bits per heavy atom. The van der Waals surface area contributed by atoms with Crippen LogP contribution >= 0.6 is 0 Å². The van der Waals surface area contributed by atoms with Crippen LogP contribution in [0.5, 0.6) is 5.75 Å². The summed E-state index contributed by atoms with van der Waals surface area (Å²) in [6.07, 6.45) is 0. The number of hydrogen-bond acceptors (Lipinski definition) is 4. The topological polar surface area (TPSA) is 73.7 Å². The van der Waals surface area contributed by atoms with Crippen LogP contribution in [0.15, 0.2) is 59.7 Å². The molecule has 0 atom stereocenters. The molecular weight excluding hydrogens is 266 g/mol. The average Bonchev–Trinajstić information content (AvgIpc) is 2.52. The van der Waals surface area contributed by atoms with Gasteiger partial charge in [-0.3, -0.25) is 4.79 Å². The lowest BCUT2D eigenvalue weighted by molar-refractivity contribution is -0.119. The number of nitrogens with zero attached hydrogens (tertiary/aromatic N) is 1. The molecule has 5 nitrogen and oxygen atoms in total. The molecule has 0 fully saturated rings. The van der Waals surface area contributed by atoms with Gasteiger partial charge in [-0.25, -0.2) is 5.43 Å². The van der Waals surface area contributed by atoms with Crippen molar-refractivity contribution in [3.8, 4) is 5.75 Å². The second-order valence-electron chi connectivity index (χ2n) is 4.50. The minimum atomic E-state index is -0.225. The number of phenols is 1. The molecule has 0 saturated heterocycles. The van der Waals surface area contributed by atoms with Crippen molar-refractivity contribution in [3.05, 3.63) is 60.2 Å². The van der Waals surface area contributed by atoms with Crippen molar-refractivity contribution >= 4 is 17.3 Å². The molecule has 5 heteroatoms. The number of benzene rings is 2. The van der Waals surface area contributed by atoms with E-state index in [0.29, 0.717) is 5.71 Å². The fourth-order valence-electron chi connectivity index (χ4n) is 1.69. The van der Waals surface area contributed by atoms with Crippen molar-refractivity contribution in [2.45, 2.75) is 6.92 Å². The Morgan fingerprint density at radius 2 is 1.76 bits per heavy atom. The summed E-state index contributed by atoms with van der Waals surface area (Å²) in [7, 11) is 0. The Hall–Kier alpha value is -2.82. The van der Waals surface area contributed by atoms with Gasteiger partial charge < -0.3 is 10.4 Å². The number of phenolic OH excluding ortho intramolecular Hbond substituents is 1. The average molecular weight is 283 g/mol. The zero-order valence-electron chi connectivity index (χ0n) is 11.7. The van der Waals surface area contributed by atoms with E-state index >= 15 is 0 Å². The lowest BCUT2D eigenvalue weighted by Crippen LogP contribution is -2.26. The molecule has 0 spiro atoms. The molecule has 0 aliphatic heterocycles. The molecule has 3 N–H and O–H groups in total. The van der Waals surface area contributed by atoms with Crippen LogP contribution in [0, 0.1) is 0 Å². The first-order chi connectivity index (χ1) is 10.1. The lowest BCUT2D eigenvalue weighted by atomic mass is 10.1. The maximum Gasteiger partial charge on any atom is 0.259 e. The second kappa shape index (κ2) is 7.09. The first-order valence-corrected chi connectivity index (χ1v) is 6.56. The highest BCUT2D eigenvalue weighted by Gasteiger charge is 2.01. The molecule has 0 aromatic heterocycles. The number of hydrazone groups is 1. The third-order valence-electron chi connectivity index (χ3n) is 2.86. The van der Waals surface area contributed by atoms with Crippen LogP contribution in [0.4, 0.5) is 5.69 Å². The Labute approximate surface area is 123 Å². The molecule has 2 aromatic rings. The fourth-order valence-corrected chi connectivity index (χ4v) is 1.69. The maximum atomic E-state index is 11.7. The number of rotatable bonds is 5. The van der Waals surface area contributed by atoms with Gasteiger partial charge in [-0.1, -0.05) is 18.2 Å². The van der Waals surface area contributed by atoms with E-state index in [-0.39, 0.29) is 18.2 Å². The van der Waals surface area contributed by atoms with Crippen molar-refractivity contribution in [1.82, 2.24) is 5.43 Å². The highest BCUT2D eigenvalue weighted by Crippen LogP contribution is 2.10. The molecule has 0 aliphatic carbocycles. The van der Waals surface area contributed by atoms with E-state index in [9.17, 15) is 9.90 Å². The highest BCUT2D eigenvalue weighted by atomic mass is 16.3. The Bertz CT molecular complexity index is 622. The molecule has 108 valence electrons. The van der Waals surface area contributed by atoms with Gasteiger partial charge in [0.2, 0.25) is 0 Å². The van der Waals surface area contributed by atoms with Gasteiger partial charge >= 0.3 is 0 Å². The van der Waals surface area contributed by atoms with Gasteiger partial charge in [-0.15, -0.1) is 0 Å². The number of para-hydroxylation sites is 1. The van der Waals surface area contributed by atoms with Gasteiger partial charge in [-0.2, -0.15) is 5.10 Å². The lowest BCUT2D eigenvalue weighted by Gasteiger charge is -2.06. The van der Waals surface area contributed by atoms with Crippen LogP contribution in [0.1, 0.15) is 12.5 Å². The van der Waals surface area contributed by atoms with Crippen molar-refractivity contribution < 1.29 is 9.90 Å². The van der Waals surface area contributed by atoms with Crippen LogP contribution in [-0.2, 0) is 4.79 Å². The van der Waals surface area contributed by atoms with Crippen LogP contribution < -0.4 is 10.7 Å². The van der Waals surface area contributed by atoms with Gasteiger partial charge in [-0.05, 0) is 48.9 Å². The monoisotopic (exact) mass is 283 g/mol. The van der Waals surface area contributed by atoms with Crippen molar-refractivity contribution in [3.63, 3.8) is 0 Å². The smallest absolute Gasteiger partial charge is 0.259 e.